The number of rotatable bonds is 3. The van der Waals surface area contributed by atoms with Gasteiger partial charge in [0.15, 0.2) is 0 Å². The van der Waals surface area contributed by atoms with E-state index in [4.69, 9.17) is 5.73 Å². The van der Waals surface area contributed by atoms with E-state index in [1.165, 1.54) is 35.0 Å². The van der Waals surface area contributed by atoms with E-state index in [1.54, 1.807) is 0 Å². The van der Waals surface area contributed by atoms with Crippen LogP contribution in [0.25, 0.3) is 0 Å². The van der Waals surface area contributed by atoms with E-state index in [0.717, 1.165) is 12.3 Å². The van der Waals surface area contributed by atoms with Crippen molar-refractivity contribution in [2.75, 3.05) is 0 Å². The van der Waals surface area contributed by atoms with Crippen molar-refractivity contribution in [3.05, 3.63) is 20.8 Å². The van der Waals surface area contributed by atoms with Gasteiger partial charge in [0, 0.05) is 21.3 Å². The van der Waals surface area contributed by atoms with Crippen molar-refractivity contribution in [3.8, 4) is 0 Å². The van der Waals surface area contributed by atoms with Crippen LogP contribution in [-0.2, 0) is 6.42 Å². The molecule has 0 amide bonds. The fraction of sp³-hybridized carbons (Fsp3) is 0.667. The molecule has 1 aromatic heterocycles. The van der Waals surface area contributed by atoms with Crippen molar-refractivity contribution in [1.29, 1.82) is 0 Å². The van der Waals surface area contributed by atoms with Crippen molar-refractivity contribution in [2.24, 2.45) is 11.7 Å². The second kappa shape index (κ2) is 4.56. The Labute approximate surface area is 104 Å². The molecule has 1 aliphatic carbocycles. The van der Waals surface area contributed by atoms with Crippen LogP contribution in [0.1, 0.15) is 37.5 Å². The number of thiophene rings is 1. The lowest BCUT2D eigenvalue weighted by molar-refractivity contribution is 0.409. The summed E-state index contributed by atoms with van der Waals surface area (Å²) in [6.07, 6.45) is 6.03. The van der Waals surface area contributed by atoms with Crippen LogP contribution >= 0.6 is 27.3 Å². The highest BCUT2D eigenvalue weighted by Gasteiger charge is 2.35. The predicted octanol–water partition coefficient (Wildman–Crippen LogP) is 3.96. The van der Waals surface area contributed by atoms with E-state index >= 15 is 0 Å². The lowest BCUT2D eigenvalue weighted by Crippen LogP contribution is -2.39. The molecular formula is C12H18BrNS. The maximum absolute atomic E-state index is 6.47. The summed E-state index contributed by atoms with van der Waals surface area (Å²) < 4.78 is 1.23. The van der Waals surface area contributed by atoms with Crippen molar-refractivity contribution in [2.45, 2.75) is 44.6 Å². The quantitative estimate of drug-likeness (QED) is 0.895. The number of nitrogens with two attached hydrogens (primary N) is 1. The first-order chi connectivity index (χ1) is 7.13. The Morgan fingerprint density at radius 3 is 3.00 bits per heavy atom. The lowest BCUT2D eigenvalue weighted by atomic mass is 9.92. The van der Waals surface area contributed by atoms with Gasteiger partial charge in [-0.3, -0.25) is 0 Å². The summed E-state index contributed by atoms with van der Waals surface area (Å²) in [4.78, 5) is 1.41. The van der Waals surface area contributed by atoms with Gasteiger partial charge in [-0.05, 0) is 52.6 Å². The molecule has 0 spiro atoms. The molecule has 1 saturated carbocycles. The average molecular weight is 288 g/mol. The molecule has 2 rings (SSSR count). The second-order valence-corrected chi connectivity index (χ2v) is 6.60. The second-order valence-electron chi connectivity index (χ2n) is 4.75. The average Bonchev–Trinajstić information content (AvgIpc) is 2.75. The van der Waals surface area contributed by atoms with Crippen LogP contribution < -0.4 is 5.73 Å². The van der Waals surface area contributed by atoms with Gasteiger partial charge >= 0.3 is 0 Å². The SMILES string of the molecule is CCC1CCC(N)(Cc2sccc2Br)C1. The lowest BCUT2D eigenvalue weighted by Gasteiger charge is -2.23. The highest BCUT2D eigenvalue weighted by Crippen LogP contribution is 2.38. The molecule has 3 heteroatoms. The third-order valence-corrected chi connectivity index (χ3v) is 5.45. The van der Waals surface area contributed by atoms with Crippen LogP contribution in [0.5, 0.6) is 0 Å². The Morgan fingerprint density at radius 2 is 2.47 bits per heavy atom. The number of hydrogen-bond donors (Lipinski definition) is 1. The third kappa shape index (κ3) is 2.63. The molecule has 0 radical (unpaired) electrons. The van der Waals surface area contributed by atoms with Crippen LogP contribution in [0.15, 0.2) is 15.9 Å². The topological polar surface area (TPSA) is 26.0 Å². The van der Waals surface area contributed by atoms with Crippen molar-refractivity contribution < 1.29 is 0 Å². The first-order valence-electron chi connectivity index (χ1n) is 5.64. The number of halogens is 1. The molecule has 0 aliphatic heterocycles. The molecule has 0 aromatic carbocycles. The molecule has 0 bridgehead atoms. The molecule has 1 heterocycles. The van der Waals surface area contributed by atoms with Crippen molar-refractivity contribution in [1.82, 2.24) is 0 Å². The van der Waals surface area contributed by atoms with Crippen molar-refractivity contribution >= 4 is 27.3 Å². The smallest absolute Gasteiger partial charge is 0.0315 e. The summed E-state index contributed by atoms with van der Waals surface area (Å²) in [5.74, 6) is 0.855. The Kier molecular flexibility index (Phi) is 3.53. The van der Waals surface area contributed by atoms with Crippen LogP contribution in [0, 0.1) is 5.92 Å². The van der Waals surface area contributed by atoms with Gasteiger partial charge < -0.3 is 5.73 Å². The van der Waals surface area contributed by atoms with Crippen LogP contribution in [-0.4, -0.2) is 5.54 Å². The third-order valence-electron chi connectivity index (χ3n) is 3.53. The molecule has 0 saturated heterocycles. The molecule has 15 heavy (non-hydrogen) atoms. The van der Waals surface area contributed by atoms with E-state index in [2.05, 4.69) is 34.3 Å². The highest BCUT2D eigenvalue weighted by molar-refractivity contribution is 9.10. The van der Waals surface area contributed by atoms with Crippen LogP contribution in [0.4, 0.5) is 0 Å². The van der Waals surface area contributed by atoms with Gasteiger partial charge in [0.05, 0.1) is 0 Å². The van der Waals surface area contributed by atoms with Gasteiger partial charge in [-0.25, -0.2) is 0 Å². The Morgan fingerprint density at radius 1 is 1.67 bits per heavy atom. The molecular weight excluding hydrogens is 270 g/mol. The fourth-order valence-corrected chi connectivity index (χ4v) is 4.20. The zero-order valence-corrected chi connectivity index (χ0v) is 11.5. The maximum atomic E-state index is 6.47. The summed E-state index contributed by atoms with van der Waals surface area (Å²) in [6.45, 7) is 2.28. The van der Waals surface area contributed by atoms with E-state index in [-0.39, 0.29) is 5.54 Å². The van der Waals surface area contributed by atoms with Crippen molar-refractivity contribution in [3.63, 3.8) is 0 Å². The molecule has 1 fully saturated rings. The van der Waals surface area contributed by atoms with Crippen LogP contribution in [0.2, 0.25) is 0 Å². The Bertz CT molecular complexity index is 336. The zero-order valence-electron chi connectivity index (χ0n) is 9.13. The minimum atomic E-state index is 0.0635. The Hall–Kier alpha value is 0.140. The van der Waals surface area contributed by atoms with E-state index in [1.807, 2.05) is 11.3 Å². The summed E-state index contributed by atoms with van der Waals surface area (Å²) in [5, 5.41) is 2.13. The van der Waals surface area contributed by atoms with Gasteiger partial charge in [-0.2, -0.15) is 0 Å². The molecule has 1 aliphatic rings. The van der Waals surface area contributed by atoms with Gasteiger partial charge in [0.1, 0.15) is 0 Å². The minimum Gasteiger partial charge on any atom is -0.325 e. The largest absolute Gasteiger partial charge is 0.325 e. The van der Waals surface area contributed by atoms with E-state index in [0.29, 0.717) is 0 Å². The monoisotopic (exact) mass is 287 g/mol. The normalized spacial score (nSPS) is 31.0. The zero-order chi connectivity index (χ0) is 10.9. The predicted molar refractivity (Wildman–Crippen MR) is 70.3 cm³/mol. The van der Waals surface area contributed by atoms with Gasteiger partial charge in [-0.1, -0.05) is 13.3 Å². The first kappa shape index (κ1) is 11.6. The molecule has 2 N–H and O–H groups in total. The summed E-state index contributed by atoms with van der Waals surface area (Å²) in [5.41, 5.74) is 6.53. The highest BCUT2D eigenvalue weighted by atomic mass is 79.9. The van der Waals surface area contributed by atoms with Gasteiger partial charge in [0.2, 0.25) is 0 Å². The first-order valence-corrected chi connectivity index (χ1v) is 7.31. The molecule has 1 nitrogen and oxygen atoms in total. The maximum Gasteiger partial charge on any atom is 0.0315 e. The molecule has 84 valence electrons. The molecule has 1 aromatic rings. The fourth-order valence-electron chi connectivity index (χ4n) is 2.55. The van der Waals surface area contributed by atoms with Gasteiger partial charge in [-0.15, -0.1) is 11.3 Å². The summed E-state index contributed by atoms with van der Waals surface area (Å²) >= 11 is 5.40. The minimum absolute atomic E-state index is 0.0635. The number of hydrogen-bond acceptors (Lipinski definition) is 2. The summed E-state index contributed by atoms with van der Waals surface area (Å²) in [7, 11) is 0. The van der Waals surface area contributed by atoms with Crippen LogP contribution in [0.3, 0.4) is 0 Å². The van der Waals surface area contributed by atoms with E-state index < -0.39 is 0 Å². The molecule has 2 atom stereocenters. The standard InChI is InChI=1S/C12H18BrNS/c1-2-9-3-5-12(14,7-9)8-11-10(13)4-6-15-11/h4,6,9H,2-3,5,7-8,14H2,1H3. The Balaban J connectivity index is 2.03. The summed E-state index contributed by atoms with van der Waals surface area (Å²) in [6, 6.07) is 2.12. The van der Waals surface area contributed by atoms with Gasteiger partial charge in [0.25, 0.3) is 0 Å². The molecule has 2 unspecified atom stereocenters. The van der Waals surface area contributed by atoms with E-state index in [9.17, 15) is 0 Å².